The number of nitrogens with zero attached hydrogens (tertiary/aromatic N) is 2. The quantitative estimate of drug-likeness (QED) is 0.578. The highest BCUT2D eigenvalue weighted by Crippen LogP contribution is 2.26. The lowest BCUT2D eigenvalue weighted by molar-refractivity contribution is -0.121. The van der Waals surface area contributed by atoms with E-state index in [0.717, 1.165) is 34.3 Å². The Labute approximate surface area is 178 Å². The summed E-state index contributed by atoms with van der Waals surface area (Å²) in [6, 6.07) is 17.0. The molecular weight excluding hydrogens is 372 g/mol. The number of benzene rings is 2. The standard InChI is InChI=1S/C25H32N4O/c1-28(23-5-3-2-4-6-23)16-14-27-25(30)18-29-15-13-20-7-8-21(17-24(20)29)19-9-11-22(26)12-10-19/h7-13,15,17,23H,2-6,14,16,18,26H2,1H3,(H,27,30). The fraction of sp³-hybridized carbons (Fsp3) is 0.400. The first kappa shape index (κ1) is 20.5. The number of fused-ring (bicyclic) bond motifs is 1. The summed E-state index contributed by atoms with van der Waals surface area (Å²) in [4.78, 5) is 14.9. The number of hydrogen-bond acceptors (Lipinski definition) is 3. The van der Waals surface area contributed by atoms with E-state index in [2.05, 4.69) is 41.5 Å². The minimum atomic E-state index is 0.0578. The van der Waals surface area contributed by atoms with Gasteiger partial charge in [-0.1, -0.05) is 43.5 Å². The summed E-state index contributed by atoms with van der Waals surface area (Å²) in [6.45, 7) is 1.94. The van der Waals surface area contributed by atoms with Crippen molar-refractivity contribution >= 4 is 22.5 Å². The molecule has 158 valence electrons. The van der Waals surface area contributed by atoms with Crippen LogP contribution in [0.4, 0.5) is 5.69 Å². The van der Waals surface area contributed by atoms with Crippen LogP contribution in [0.5, 0.6) is 0 Å². The highest BCUT2D eigenvalue weighted by Gasteiger charge is 2.17. The molecule has 0 spiro atoms. The fourth-order valence-electron chi connectivity index (χ4n) is 4.46. The third-order valence-corrected chi connectivity index (χ3v) is 6.32. The molecule has 1 aromatic heterocycles. The van der Waals surface area contributed by atoms with Crippen molar-refractivity contribution in [3.63, 3.8) is 0 Å². The van der Waals surface area contributed by atoms with E-state index in [9.17, 15) is 4.79 Å². The molecule has 3 N–H and O–H groups in total. The van der Waals surface area contributed by atoms with E-state index < -0.39 is 0 Å². The molecule has 2 aromatic carbocycles. The van der Waals surface area contributed by atoms with Crippen LogP contribution >= 0.6 is 0 Å². The average molecular weight is 405 g/mol. The van der Waals surface area contributed by atoms with Crippen molar-refractivity contribution in [2.75, 3.05) is 25.9 Å². The largest absolute Gasteiger partial charge is 0.399 e. The summed E-state index contributed by atoms with van der Waals surface area (Å²) in [5, 5.41) is 4.23. The second kappa shape index (κ2) is 9.35. The predicted octanol–water partition coefficient (Wildman–Crippen LogP) is 4.27. The molecule has 0 atom stereocenters. The normalized spacial score (nSPS) is 15.0. The van der Waals surface area contributed by atoms with Crippen molar-refractivity contribution in [1.29, 1.82) is 0 Å². The van der Waals surface area contributed by atoms with Crippen LogP contribution in [0.15, 0.2) is 54.7 Å². The predicted molar refractivity (Wildman–Crippen MR) is 124 cm³/mol. The van der Waals surface area contributed by atoms with Gasteiger partial charge >= 0.3 is 0 Å². The molecular formula is C25H32N4O. The van der Waals surface area contributed by atoms with Crippen molar-refractivity contribution in [2.24, 2.45) is 0 Å². The lowest BCUT2D eigenvalue weighted by Gasteiger charge is -2.31. The Balaban J connectivity index is 1.36. The van der Waals surface area contributed by atoms with E-state index in [1.165, 1.54) is 32.1 Å². The number of anilines is 1. The van der Waals surface area contributed by atoms with Gasteiger partial charge in [0.25, 0.3) is 0 Å². The maximum absolute atomic E-state index is 12.5. The zero-order valence-electron chi connectivity index (χ0n) is 17.8. The van der Waals surface area contributed by atoms with Gasteiger partial charge in [0, 0.05) is 36.5 Å². The third kappa shape index (κ3) is 4.85. The Bertz CT molecular complexity index is 986. The van der Waals surface area contributed by atoms with Gasteiger partial charge in [-0.15, -0.1) is 0 Å². The Hall–Kier alpha value is -2.79. The maximum atomic E-state index is 12.5. The van der Waals surface area contributed by atoms with E-state index in [4.69, 9.17) is 5.73 Å². The number of nitrogens with one attached hydrogen (secondary N) is 1. The van der Waals surface area contributed by atoms with Gasteiger partial charge in [0.1, 0.15) is 6.54 Å². The molecule has 30 heavy (non-hydrogen) atoms. The highest BCUT2D eigenvalue weighted by atomic mass is 16.1. The molecule has 1 aliphatic rings. The summed E-state index contributed by atoms with van der Waals surface area (Å²) >= 11 is 0. The number of carbonyl (C=O) groups excluding carboxylic acids is 1. The number of nitrogens with two attached hydrogens (primary N) is 1. The molecule has 5 heteroatoms. The van der Waals surface area contributed by atoms with Crippen LogP contribution < -0.4 is 11.1 Å². The fourth-order valence-corrected chi connectivity index (χ4v) is 4.46. The Morgan fingerprint density at radius 2 is 1.80 bits per heavy atom. The van der Waals surface area contributed by atoms with Crippen molar-refractivity contribution in [1.82, 2.24) is 14.8 Å². The lowest BCUT2D eigenvalue weighted by atomic mass is 9.94. The second-order valence-electron chi connectivity index (χ2n) is 8.46. The van der Waals surface area contributed by atoms with E-state index in [0.29, 0.717) is 19.1 Å². The molecule has 0 aliphatic heterocycles. The maximum Gasteiger partial charge on any atom is 0.239 e. The molecule has 3 aromatic rings. The van der Waals surface area contributed by atoms with Crippen LogP contribution in [0.2, 0.25) is 0 Å². The topological polar surface area (TPSA) is 63.3 Å². The van der Waals surface area contributed by atoms with Crippen LogP contribution in [0.3, 0.4) is 0 Å². The molecule has 5 nitrogen and oxygen atoms in total. The van der Waals surface area contributed by atoms with E-state index in [1.54, 1.807) is 0 Å². The van der Waals surface area contributed by atoms with Crippen molar-refractivity contribution in [3.05, 3.63) is 54.7 Å². The van der Waals surface area contributed by atoms with Crippen molar-refractivity contribution in [2.45, 2.75) is 44.7 Å². The number of rotatable bonds is 7. The lowest BCUT2D eigenvalue weighted by Crippen LogP contribution is -2.40. The van der Waals surface area contributed by atoms with Crippen molar-refractivity contribution in [3.8, 4) is 11.1 Å². The van der Waals surface area contributed by atoms with Crippen LogP contribution in [-0.2, 0) is 11.3 Å². The van der Waals surface area contributed by atoms with Crippen LogP contribution in [-0.4, -0.2) is 41.6 Å². The van der Waals surface area contributed by atoms with Gasteiger partial charge in [0.15, 0.2) is 0 Å². The van der Waals surface area contributed by atoms with E-state index >= 15 is 0 Å². The highest BCUT2D eigenvalue weighted by molar-refractivity contribution is 5.87. The number of hydrogen-bond donors (Lipinski definition) is 2. The smallest absolute Gasteiger partial charge is 0.239 e. The van der Waals surface area contributed by atoms with Crippen LogP contribution in [0, 0.1) is 0 Å². The minimum Gasteiger partial charge on any atom is -0.399 e. The van der Waals surface area contributed by atoms with Gasteiger partial charge in [0.05, 0.1) is 0 Å². The molecule has 1 amide bonds. The minimum absolute atomic E-state index is 0.0578. The Morgan fingerprint density at radius 3 is 2.57 bits per heavy atom. The summed E-state index contributed by atoms with van der Waals surface area (Å²) < 4.78 is 2.02. The van der Waals surface area contributed by atoms with E-state index in [-0.39, 0.29) is 5.91 Å². The number of aromatic nitrogens is 1. The van der Waals surface area contributed by atoms with Crippen LogP contribution in [0.1, 0.15) is 32.1 Å². The Kier molecular flexibility index (Phi) is 6.38. The molecule has 1 heterocycles. The molecule has 0 unspecified atom stereocenters. The summed E-state index contributed by atoms with van der Waals surface area (Å²) in [5.41, 5.74) is 9.88. The summed E-state index contributed by atoms with van der Waals surface area (Å²) in [7, 11) is 2.18. The van der Waals surface area contributed by atoms with Crippen molar-refractivity contribution < 1.29 is 4.79 Å². The molecule has 0 saturated heterocycles. The zero-order chi connectivity index (χ0) is 20.9. The molecule has 1 fully saturated rings. The zero-order valence-corrected chi connectivity index (χ0v) is 17.8. The van der Waals surface area contributed by atoms with Gasteiger partial charge < -0.3 is 20.5 Å². The van der Waals surface area contributed by atoms with Gasteiger partial charge in [0.2, 0.25) is 5.91 Å². The number of carbonyl (C=O) groups is 1. The second-order valence-corrected chi connectivity index (χ2v) is 8.46. The first-order valence-electron chi connectivity index (χ1n) is 11.0. The number of likely N-dealkylation sites (N-methyl/N-ethyl adjacent to an activating group) is 1. The number of amides is 1. The van der Waals surface area contributed by atoms with Gasteiger partial charge in [-0.05, 0) is 60.7 Å². The third-order valence-electron chi connectivity index (χ3n) is 6.32. The average Bonchev–Trinajstić information content (AvgIpc) is 3.16. The summed E-state index contributed by atoms with van der Waals surface area (Å²) in [6.07, 6.45) is 8.60. The van der Waals surface area contributed by atoms with Gasteiger partial charge in [-0.3, -0.25) is 4.79 Å². The Morgan fingerprint density at radius 1 is 1.07 bits per heavy atom. The molecule has 1 saturated carbocycles. The summed E-state index contributed by atoms with van der Waals surface area (Å²) in [5.74, 6) is 0.0578. The van der Waals surface area contributed by atoms with E-state index in [1.807, 2.05) is 35.0 Å². The first-order valence-corrected chi connectivity index (χ1v) is 11.0. The van der Waals surface area contributed by atoms with Gasteiger partial charge in [-0.2, -0.15) is 0 Å². The first-order chi connectivity index (χ1) is 14.6. The monoisotopic (exact) mass is 404 g/mol. The number of nitrogen functional groups attached to an aromatic ring is 1. The molecule has 0 bridgehead atoms. The molecule has 4 rings (SSSR count). The SMILES string of the molecule is CN(CCNC(=O)Cn1ccc2ccc(-c3ccc(N)cc3)cc21)C1CCCCC1. The molecule has 0 radical (unpaired) electrons. The van der Waals surface area contributed by atoms with Crippen LogP contribution in [0.25, 0.3) is 22.0 Å². The molecule has 1 aliphatic carbocycles. The van der Waals surface area contributed by atoms with Gasteiger partial charge in [-0.25, -0.2) is 0 Å².